The third-order valence-electron chi connectivity index (χ3n) is 2.46. The lowest BCUT2D eigenvalue weighted by Crippen LogP contribution is -2.42. The first-order valence-electron chi connectivity index (χ1n) is 4.95. The van der Waals surface area contributed by atoms with Gasteiger partial charge in [0.25, 0.3) is 0 Å². The van der Waals surface area contributed by atoms with Gasteiger partial charge in [0.15, 0.2) is 0 Å². The lowest BCUT2D eigenvalue weighted by atomic mass is 10.1. The van der Waals surface area contributed by atoms with Crippen LogP contribution in [0, 0.1) is 5.82 Å². The fourth-order valence-corrected chi connectivity index (χ4v) is 1.74. The average Bonchev–Trinajstić information content (AvgIpc) is 2.30. The number of hydrogen-bond acceptors (Lipinski definition) is 4. The lowest BCUT2D eigenvalue weighted by molar-refractivity contribution is 0.366. The molecule has 1 saturated heterocycles. The number of methoxy groups -OCH3 is 1. The molecule has 0 aromatic carbocycles. The molecule has 2 rings (SSSR count). The molecule has 1 fully saturated rings. The largest absolute Gasteiger partial charge is 0.481 e. The van der Waals surface area contributed by atoms with E-state index in [2.05, 4.69) is 15.6 Å². The average molecular weight is 211 g/mol. The van der Waals surface area contributed by atoms with Crippen molar-refractivity contribution < 1.29 is 9.13 Å². The van der Waals surface area contributed by atoms with Crippen molar-refractivity contribution in [2.75, 3.05) is 26.7 Å². The number of aromatic nitrogens is 1. The molecule has 1 atom stereocenters. The summed E-state index contributed by atoms with van der Waals surface area (Å²) in [7, 11) is 1.54. The van der Waals surface area contributed by atoms with Crippen molar-refractivity contribution in [2.24, 2.45) is 0 Å². The molecule has 1 aliphatic rings. The van der Waals surface area contributed by atoms with Crippen LogP contribution in [0.4, 0.5) is 4.39 Å². The van der Waals surface area contributed by atoms with Crippen LogP contribution in [0.1, 0.15) is 11.6 Å². The molecule has 82 valence electrons. The predicted molar refractivity (Wildman–Crippen MR) is 54.4 cm³/mol. The summed E-state index contributed by atoms with van der Waals surface area (Å²) >= 11 is 0. The Bertz CT molecular complexity index is 339. The van der Waals surface area contributed by atoms with Crippen LogP contribution >= 0.6 is 0 Å². The van der Waals surface area contributed by atoms with Gasteiger partial charge in [-0.05, 0) is 6.07 Å². The van der Waals surface area contributed by atoms with E-state index in [1.54, 1.807) is 7.11 Å². The van der Waals surface area contributed by atoms with E-state index >= 15 is 0 Å². The van der Waals surface area contributed by atoms with Crippen molar-refractivity contribution in [3.8, 4) is 5.88 Å². The highest BCUT2D eigenvalue weighted by atomic mass is 19.1. The van der Waals surface area contributed by atoms with Crippen LogP contribution in [0.25, 0.3) is 0 Å². The van der Waals surface area contributed by atoms with Crippen LogP contribution in [0.3, 0.4) is 0 Å². The quantitative estimate of drug-likeness (QED) is 0.746. The van der Waals surface area contributed by atoms with E-state index in [-0.39, 0.29) is 11.9 Å². The minimum atomic E-state index is -0.335. The third-order valence-corrected chi connectivity index (χ3v) is 2.46. The van der Waals surface area contributed by atoms with E-state index < -0.39 is 0 Å². The first-order valence-corrected chi connectivity index (χ1v) is 4.95. The molecule has 2 N–H and O–H groups in total. The Hall–Kier alpha value is -1.20. The molecule has 1 aromatic rings. The zero-order valence-electron chi connectivity index (χ0n) is 8.59. The van der Waals surface area contributed by atoms with E-state index in [0.717, 1.165) is 25.2 Å². The maximum atomic E-state index is 13.1. The Labute approximate surface area is 87.8 Å². The summed E-state index contributed by atoms with van der Waals surface area (Å²) in [4.78, 5) is 3.91. The second kappa shape index (κ2) is 4.55. The number of rotatable bonds is 2. The zero-order chi connectivity index (χ0) is 10.7. The molecule has 0 aliphatic carbocycles. The summed E-state index contributed by atoms with van der Waals surface area (Å²) < 4.78 is 18.2. The molecular formula is C10H14FN3O. The fraction of sp³-hybridized carbons (Fsp3) is 0.500. The molecule has 0 amide bonds. The molecular weight excluding hydrogens is 197 g/mol. The number of piperazine rings is 1. The second-order valence-electron chi connectivity index (χ2n) is 3.46. The van der Waals surface area contributed by atoms with E-state index in [4.69, 9.17) is 4.74 Å². The minimum Gasteiger partial charge on any atom is -0.481 e. The van der Waals surface area contributed by atoms with E-state index in [9.17, 15) is 4.39 Å². The highest BCUT2D eigenvalue weighted by Gasteiger charge is 2.19. The number of pyridine rings is 1. The van der Waals surface area contributed by atoms with Crippen molar-refractivity contribution in [1.82, 2.24) is 15.6 Å². The van der Waals surface area contributed by atoms with Crippen LogP contribution in [0.5, 0.6) is 5.88 Å². The molecule has 0 spiro atoms. The SMILES string of the molecule is COc1ncc(F)cc1C1CNCCN1. The van der Waals surface area contributed by atoms with Gasteiger partial charge in [-0.15, -0.1) is 0 Å². The van der Waals surface area contributed by atoms with Gasteiger partial charge >= 0.3 is 0 Å². The van der Waals surface area contributed by atoms with Crippen LogP contribution in [0.2, 0.25) is 0 Å². The van der Waals surface area contributed by atoms with E-state index in [1.807, 2.05) is 0 Å². The molecule has 4 nitrogen and oxygen atoms in total. The molecule has 0 bridgehead atoms. The normalized spacial score (nSPS) is 21.3. The van der Waals surface area contributed by atoms with Gasteiger partial charge in [-0.1, -0.05) is 0 Å². The Morgan fingerprint density at radius 3 is 3.07 bits per heavy atom. The summed E-state index contributed by atoms with van der Waals surface area (Å²) in [6, 6.07) is 1.54. The Morgan fingerprint density at radius 1 is 1.53 bits per heavy atom. The third kappa shape index (κ3) is 2.24. The number of ether oxygens (including phenoxy) is 1. The van der Waals surface area contributed by atoms with Crippen molar-refractivity contribution in [1.29, 1.82) is 0 Å². The molecule has 0 saturated carbocycles. The van der Waals surface area contributed by atoms with Crippen molar-refractivity contribution in [3.63, 3.8) is 0 Å². The highest BCUT2D eigenvalue weighted by Crippen LogP contribution is 2.23. The van der Waals surface area contributed by atoms with E-state index in [1.165, 1.54) is 12.3 Å². The summed E-state index contributed by atoms with van der Waals surface area (Å²) in [5, 5.41) is 6.52. The lowest BCUT2D eigenvalue weighted by Gasteiger charge is -2.25. The van der Waals surface area contributed by atoms with Crippen molar-refractivity contribution in [2.45, 2.75) is 6.04 Å². The topological polar surface area (TPSA) is 46.2 Å². The van der Waals surface area contributed by atoms with Gasteiger partial charge < -0.3 is 15.4 Å². The molecule has 5 heteroatoms. The number of nitrogens with one attached hydrogen (secondary N) is 2. The highest BCUT2D eigenvalue weighted by molar-refractivity contribution is 5.30. The van der Waals surface area contributed by atoms with Gasteiger partial charge in [-0.2, -0.15) is 0 Å². The summed E-state index contributed by atoms with van der Waals surface area (Å²) in [5.74, 6) is 0.149. The molecule has 15 heavy (non-hydrogen) atoms. The molecule has 0 radical (unpaired) electrons. The summed E-state index contributed by atoms with van der Waals surface area (Å²) in [5.41, 5.74) is 0.768. The second-order valence-corrected chi connectivity index (χ2v) is 3.46. The van der Waals surface area contributed by atoms with Crippen molar-refractivity contribution >= 4 is 0 Å². The monoisotopic (exact) mass is 211 g/mol. The number of hydrogen-bond donors (Lipinski definition) is 2. The first kappa shape index (κ1) is 10.3. The molecule has 1 aliphatic heterocycles. The predicted octanol–water partition coefficient (Wildman–Crippen LogP) is 0.463. The van der Waals surface area contributed by atoms with Crippen molar-refractivity contribution in [3.05, 3.63) is 23.6 Å². The summed E-state index contributed by atoms with van der Waals surface area (Å²) in [6.45, 7) is 2.56. The maximum Gasteiger partial charge on any atom is 0.218 e. The van der Waals surface area contributed by atoms with Crippen LogP contribution in [0.15, 0.2) is 12.3 Å². The van der Waals surface area contributed by atoms with Gasteiger partial charge in [-0.25, -0.2) is 9.37 Å². The van der Waals surface area contributed by atoms with Crippen LogP contribution in [-0.2, 0) is 0 Å². The fourth-order valence-electron chi connectivity index (χ4n) is 1.74. The minimum absolute atomic E-state index is 0.0666. The zero-order valence-corrected chi connectivity index (χ0v) is 8.59. The molecule has 2 heterocycles. The Balaban J connectivity index is 2.27. The van der Waals surface area contributed by atoms with E-state index in [0.29, 0.717) is 5.88 Å². The molecule has 1 unspecified atom stereocenters. The molecule has 1 aromatic heterocycles. The summed E-state index contributed by atoms with van der Waals surface area (Å²) in [6.07, 6.45) is 1.17. The van der Waals surface area contributed by atoms with Gasteiger partial charge in [-0.3, -0.25) is 0 Å². The maximum absolute atomic E-state index is 13.1. The van der Waals surface area contributed by atoms with Crippen LogP contribution < -0.4 is 15.4 Å². The first-order chi connectivity index (χ1) is 7.31. The van der Waals surface area contributed by atoms with Gasteiger partial charge in [0.1, 0.15) is 5.82 Å². The number of nitrogens with zero attached hydrogens (tertiary/aromatic N) is 1. The smallest absolute Gasteiger partial charge is 0.218 e. The standard InChI is InChI=1S/C10H14FN3O/c1-15-10-8(4-7(11)5-14-10)9-6-12-2-3-13-9/h4-5,9,12-13H,2-3,6H2,1H3. The van der Waals surface area contributed by atoms with Gasteiger partial charge in [0.05, 0.1) is 19.3 Å². The van der Waals surface area contributed by atoms with Gasteiger partial charge in [0.2, 0.25) is 5.88 Å². The Kier molecular flexibility index (Phi) is 3.13. The van der Waals surface area contributed by atoms with Crippen LogP contribution in [-0.4, -0.2) is 31.7 Å². The van der Waals surface area contributed by atoms with Gasteiger partial charge in [0, 0.05) is 25.2 Å². The Morgan fingerprint density at radius 2 is 2.40 bits per heavy atom. The number of halogens is 1.